The molecule has 6 heteroatoms. The molecule has 0 saturated carbocycles. The van der Waals surface area contributed by atoms with Crippen LogP contribution in [0.3, 0.4) is 0 Å². The minimum absolute atomic E-state index is 0.106. The van der Waals surface area contributed by atoms with Gasteiger partial charge >= 0.3 is 17.9 Å². The number of carbonyl (C=O) groups is 3. The average molecular weight is 1120 g/mol. The van der Waals surface area contributed by atoms with Crippen molar-refractivity contribution in [1.29, 1.82) is 0 Å². The molecule has 81 heavy (non-hydrogen) atoms. The van der Waals surface area contributed by atoms with Crippen LogP contribution in [0.4, 0.5) is 0 Å². The highest BCUT2D eigenvalue weighted by Gasteiger charge is 2.19. The lowest BCUT2D eigenvalue weighted by atomic mass is 10.0. The molecule has 0 aromatic carbocycles. The standard InChI is InChI=1S/C75H120O6/c1-4-7-10-13-16-19-22-25-27-29-31-33-34-35-36-37-38-39-40-42-43-45-47-50-53-56-59-62-65-68-74(77)80-71-72(70-79-73(76)67-64-61-58-55-52-49-24-21-18-15-12-9-6-3)81-75(78)69-66-63-60-57-54-51-48-46-44-41-32-30-28-26-23-20-17-14-11-8-5-2/h7-8,10-12,15-17,19-21,24-28,31-33,35-36,41,46,48,54,57,72H,4-6,9,13-14,18,22-23,29-30,34,37-40,42-45,47,49-53,55-56,58-71H2,1-3H3/b10-7-,11-8-,15-12-,19-16-,20-17-,24-21-,27-25-,28-26-,33-31-,36-35-,41-32-,48-46-,57-54-. The highest BCUT2D eigenvalue weighted by molar-refractivity contribution is 5.71. The van der Waals surface area contributed by atoms with E-state index in [-0.39, 0.29) is 37.5 Å². The van der Waals surface area contributed by atoms with Gasteiger partial charge in [-0.2, -0.15) is 0 Å². The first-order valence-electron chi connectivity index (χ1n) is 33.0. The SMILES string of the molecule is CC/C=C\C/C=C\C/C=C\C/C=C\C/C=C\C/C=C\CCCCC(=O)OC(COC(=O)CCCCCCC/C=C\C/C=C\CCC)COC(=O)CCCCCCCCCCCCCCC/C=C\C/C=C\C/C=C\C/C=C\C/C=C\CC. The molecule has 0 aliphatic carbocycles. The molecule has 0 rings (SSSR count). The van der Waals surface area contributed by atoms with Gasteiger partial charge < -0.3 is 14.2 Å². The quantitative estimate of drug-likeness (QED) is 0.0261. The molecule has 0 fully saturated rings. The number of allylic oxidation sites excluding steroid dienone is 26. The Morgan fingerprint density at radius 3 is 0.778 bits per heavy atom. The second-order valence-corrected chi connectivity index (χ2v) is 21.3. The second kappa shape index (κ2) is 67.5. The lowest BCUT2D eigenvalue weighted by molar-refractivity contribution is -0.167. The zero-order chi connectivity index (χ0) is 58.5. The van der Waals surface area contributed by atoms with Gasteiger partial charge in [0.1, 0.15) is 13.2 Å². The van der Waals surface area contributed by atoms with Crippen molar-refractivity contribution < 1.29 is 28.6 Å². The van der Waals surface area contributed by atoms with Crippen LogP contribution >= 0.6 is 0 Å². The molecule has 0 aliphatic heterocycles. The van der Waals surface area contributed by atoms with E-state index in [0.717, 1.165) is 154 Å². The monoisotopic (exact) mass is 1120 g/mol. The third-order valence-corrected chi connectivity index (χ3v) is 13.5. The van der Waals surface area contributed by atoms with Crippen LogP contribution in [-0.2, 0) is 28.6 Å². The van der Waals surface area contributed by atoms with Crippen LogP contribution in [0, 0.1) is 0 Å². The van der Waals surface area contributed by atoms with Crippen molar-refractivity contribution in [2.75, 3.05) is 13.2 Å². The first-order valence-corrected chi connectivity index (χ1v) is 33.0. The Morgan fingerprint density at radius 1 is 0.259 bits per heavy atom. The van der Waals surface area contributed by atoms with Crippen LogP contribution < -0.4 is 0 Å². The third-order valence-electron chi connectivity index (χ3n) is 13.5. The summed E-state index contributed by atoms with van der Waals surface area (Å²) in [6.45, 7) is 6.30. The first-order chi connectivity index (χ1) is 40.0. The summed E-state index contributed by atoms with van der Waals surface area (Å²) in [5, 5.41) is 0. The van der Waals surface area contributed by atoms with Gasteiger partial charge in [-0.25, -0.2) is 0 Å². The average Bonchev–Trinajstić information content (AvgIpc) is 3.46. The summed E-state index contributed by atoms with van der Waals surface area (Å²) in [5.74, 6) is -0.967. The van der Waals surface area contributed by atoms with E-state index < -0.39 is 6.10 Å². The normalized spacial score (nSPS) is 13.2. The number of hydrogen-bond donors (Lipinski definition) is 0. The number of esters is 3. The Labute approximate surface area is 499 Å². The maximum absolute atomic E-state index is 12.9. The summed E-state index contributed by atoms with van der Waals surface area (Å²) >= 11 is 0. The lowest BCUT2D eigenvalue weighted by Gasteiger charge is -2.18. The molecule has 0 saturated heterocycles. The molecule has 0 spiro atoms. The summed E-state index contributed by atoms with van der Waals surface area (Å²) in [7, 11) is 0. The van der Waals surface area contributed by atoms with E-state index in [1.807, 2.05) is 0 Å². The number of unbranched alkanes of at least 4 members (excludes halogenated alkanes) is 21. The Bertz CT molecular complexity index is 1810. The maximum atomic E-state index is 12.9. The van der Waals surface area contributed by atoms with E-state index >= 15 is 0 Å². The predicted octanol–water partition coefficient (Wildman–Crippen LogP) is 22.9. The summed E-state index contributed by atoms with van der Waals surface area (Å²) in [4.78, 5) is 38.3. The largest absolute Gasteiger partial charge is 0.462 e. The molecule has 6 nitrogen and oxygen atoms in total. The van der Waals surface area contributed by atoms with Gasteiger partial charge in [0.2, 0.25) is 0 Å². The topological polar surface area (TPSA) is 78.9 Å². The number of ether oxygens (including phenoxy) is 3. The van der Waals surface area contributed by atoms with Crippen LogP contribution in [0.5, 0.6) is 0 Å². The van der Waals surface area contributed by atoms with Gasteiger partial charge in [-0.1, -0.05) is 275 Å². The number of carbonyl (C=O) groups excluding carboxylic acids is 3. The Hall–Kier alpha value is -4.97. The summed E-state index contributed by atoms with van der Waals surface area (Å²) in [6, 6.07) is 0. The molecule has 0 amide bonds. The summed E-state index contributed by atoms with van der Waals surface area (Å²) < 4.78 is 16.9. The predicted molar refractivity (Wildman–Crippen MR) is 352 cm³/mol. The van der Waals surface area contributed by atoms with Crippen LogP contribution in [0.2, 0.25) is 0 Å². The molecule has 1 atom stereocenters. The molecule has 0 bridgehead atoms. The summed E-state index contributed by atoms with van der Waals surface area (Å²) in [6.07, 6.45) is 98.3. The molecule has 0 N–H and O–H groups in total. The van der Waals surface area contributed by atoms with Gasteiger partial charge in [-0.15, -0.1) is 0 Å². The lowest BCUT2D eigenvalue weighted by Crippen LogP contribution is -2.30. The highest BCUT2D eigenvalue weighted by Crippen LogP contribution is 2.15. The highest BCUT2D eigenvalue weighted by atomic mass is 16.6. The maximum Gasteiger partial charge on any atom is 0.306 e. The fourth-order valence-electron chi connectivity index (χ4n) is 8.63. The van der Waals surface area contributed by atoms with Gasteiger partial charge in [-0.05, 0) is 141 Å². The van der Waals surface area contributed by atoms with Crippen molar-refractivity contribution in [3.05, 3.63) is 158 Å². The van der Waals surface area contributed by atoms with E-state index in [1.54, 1.807) is 0 Å². The van der Waals surface area contributed by atoms with Crippen LogP contribution in [-0.4, -0.2) is 37.2 Å². The summed E-state index contributed by atoms with van der Waals surface area (Å²) in [5.41, 5.74) is 0. The third kappa shape index (κ3) is 65.7. The molecule has 0 aliphatic rings. The second-order valence-electron chi connectivity index (χ2n) is 21.3. The van der Waals surface area contributed by atoms with Crippen molar-refractivity contribution >= 4 is 17.9 Å². The van der Waals surface area contributed by atoms with E-state index in [9.17, 15) is 14.4 Å². The zero-order valence-electron chi connectivity index (χ0n) is 52.2. The van der Waals surface area contributed by atoms with Crippen LogP contribution in [0.15, 0.2) is 158 Å². The Balaban J connectivity index is 4.38. The van der Waals surface area contributed by atoms with Crippen LogP contribution in [0.1, 0.15) is 278 Å². The smallest absolute Gasteiger partial charge is 0.306 e. The first kappa shape index (κ1) is 76.0. The van der Waals surface area contributed by atoms with Crippen molar-refractivity contribution in [1.82, 2.24) is 0 Å². The molecule has 0 aromatic rings. The van der Waals surface area contributed by atoms with Crippen LogP contribution in [0.25, 0.3) is 0 Å². The minimum atomic E-state index is -0.816. The molecular formula is C75H120O6. The van der Waals surface area contributed by atoms with Gasteiger partial charge in [0.05, 0.1) is 0 Å². The van der Waals surface area contributed by atoms with Crippen molar-refractivity contribution in [3.63, 3.8) is 0 Å². The molecule has 1 unspecified atom stereocenters. The Morgan fingerprint density at radius 2 is 0.481 bits per heavy atom. The Kier molecular flexibility index (Phi) is 63.4. The van der Waals surface area contributed by atoms with Gasteiger partial charge in [0.15, 0.2) is 6.10 Å². The van der Waals surface area contributed by atoms with E-state index in [1.165, 1.54) is 77.0 Å². The van der Waals surface area contributed by atoms with Gasteiger partial charge in [0.25, 0.3) is 0 Å². The fourth-order valence-corrected chi connectivity index (χ4v) is 8.63. The van der Waals surface area contributed by atoms with E-state index in [0.29, 0.717) is 19.3 Å². The number of hydrogen-bond acceptors (Lipinski definition) is 6. The number of rotatable bonds is 58. The molecule has 0 heterocycles. The van der Waals surface area contributed by atoms with Crippen molar-refractivity contribution in [3.8, 4) is 0 Å². The van der Waals surface area contributed by atoms with E-state index in [2.05, 4.69) is 179 Å². The molecule has 0 radical (unpaired) electrons. The van der Waals surface area contributed by atoms with Gasteiger partial charge in [-0.3, -0.25) is 14.4 Å². The van der Waals surface area contributed by atoms with Crippen molar-refractivity contribution in [2.45, 2.75) is 284 Å². The molecular weight excluding hydrogens is 997 g/mol. The van der Waals surface area contributed by atoms with E-state index in [4.69, 9.17) is 14.2 Å². The molecule has 456 valence electrons. The molecule has 0 aromatic heterocycles. The van der Waals surface area contributed by atoms with Gasteiger partial charge in [0, 0.05) is 19.3 Å². The minimum Gasteiger partial charge on any atom is -0.462 e. The van der Waals surface area contributed by atoms with Crippen molar-refractivity contribution in [2.24, 2.45) is 0 Å². The fraction of sp³-hybridized carbons (Fsp3) is 0.613. The zero-order valence-corrected chi connectivity index (χ0v) is 52.2.